The molecule has 0 bridgehead atoms. The number of aliphatic hydroxyl groups excluding tert-OH is 1. The van der Waals surface area contributed by atoms with Gasteiger partial charge in [-0.25, -0.2) is 4.98 Å². The summed E-state index contributed by atoms with van der Waals surface area (Å²) in [7, 11) is 0. The SMILES string of the molecule is OCCNc1nc(Nc2cccc(O)c2)cc(C2CC2)n1. The van der Waals surface area contributed by atoms with E-state index in [2.05, 4.69) is 20.6 Å². The van der Waals surface area contributed by atoms with E-state index >= 15 is 0 Å². The highest BCUT2D eigenvalue weighted by atomic mass is 16.3. The number of hydrogen-bond acceptors (Lipinski definition) is 6. The van der Waals surface area contributed by atoms with Gasteiger partial charge in [0.05, 0.1) is 12.3 Å². The Morgan fingerprint density at radius 1 is 1.19 bits per heavy atom. The number of nitrogens with zero attached hydrogens (tertiary/aromatic N) is 2. The summed E-state index contributed by atoms with van der Waals surface area (Å²) in [5.74, 6) is 1.90. The Labute approximate surface area is 122 Å². The van der Waals surface area contributed by atoms with E-state index in [0.29, 0.717) is 24.2 Å². The largest absolute Gasteiger partial charge is 0.508 e. The maximum Gasteiger partial charge on any atom is 0.224 e. The van der Waals surface area contributed by atoms with E-state index < -0.39 is 0 Å². The van der Waals surface area contributed by atoms with Gasteiger partial charge in [-0.3, -0.25) is 0 Å². The molecule has 1 saturated carbocycles. The smallest absolute Gasteiger partial charge is 0.224 e. The predicted octanol–water partition coefficient (Wildman–Crippen LogP) is 2.21. The molecule has 6 heteroatoms. The van der Waals surface area contributed by atoms with Crippen molar-refractivity contribution in [1.82, 2.24) is 9.97 Å². The van der Waals surface area contributed by atoms with Crippen LogP contribution in [-0.4, -0.2) is 33.3 Å². The van der Waals surface area contributed by atoms with Crippen LogP contribution in [0.1, 0.15) is 24.5 Å². The van der Waals surface area contributed by atoms with Crippen LogP contribution in [0.25, 0.3) is 0 Å². The minimum atomic E-state index is 0.0341. The van der Waals surface area contributed by atoms with Gasteiger partial charge in [0.2, 0.25) is 5.95 Å². The molecule has 2 aromatic rings. The number of phenolic OH excluding ortho intramolecular Hbond substituents is 1. The quantitative estimate of drug-likeness (QED) is 0.651. The first kappa shape index (κ1) is 13.6. The maximum atomic E-state index is 9.50. The number of hydrogen-bond donors (Lipinski definition) is 4. The van der Waals surface area contributed by atoms with Crippen molar-refractivity contribution >= 4 is 17.5 Å². The summed E-state index contributed by atoms with van der Waals surface area (Å²) >= 11 is 0. The van der Waals surface area contributed by atoms with Gasteiger partial charge in [0, 0.05) is 30.3 Å². The molecule has 0 atom stereocenters. The van der Waals surface area contributed by atoms with Gasteiger partial charge >= 0.3 is 0 Å². The molecular weight excluding hydrogens is 268 g/mol. The summed E-state index contributed by atoms with van der Waals surface area (Å²) in [6.45, 7) is 0.450. The Hall–Kier alpha value is -2.34. The van der Waals surface area contributed by atoms with E-state index in [1.54, 1.807) is 18.2 Å². The second-order valence-electron chi connectivity index (χ2n) is 5.10. The molecule has 0 spiro atoms. The van der Waals surface area contributed by atoms with Crippen molar-refractivity contribution in [3.05, 3.63) is 36.0 Å². The van der Waals surface area contributed by atoms with Gasteiger partial charge in [0.25, 0.3) is 0 Å². The number of anilines is 3. The lowest BCUT2D eigenvalue weighted by atomic mass is 10.2. The molecule has 3 rings (SSSR count). The minimum Gasteiger partial charge on any atom is -0.508 e. The Morgan fingerprint density at radius 2 is 2.05 bits per heavy atom. The van der Waals surface area contributed by atoms with Crippen molar-refractivity contribution < 1.29 is 10.2 Å². The second-order valence-corrected chi connectivity index (χ2v) is 5.10. The molecule has 1 aliphatic carbocycles. The van der Waals surface area contributed by atoms with Crippen LogP contribution in [0.5, 0.6) is 5.75 Å². The van der Waals surface area contributed by atoms with Gasteiger partial charge in [-0.15, -0.1) is 0 Å². The third-order valence-electron chi connectivity index (χ3n) is 3.26. The molecular formula is C15H18N4O2. The topological polar surface area (TPSA) is 90.3 Å². The fourth-order valence-electron chi connectivity index (χ4n) is 2.10. The number of aliphatic hydroxyl groups is 1. The Balaban J connectivity index is 1.84. The molecule has 4 N–H and O–H groups in total. The van der Waals surface area contributed by atoms with Crippen LogP contribution < -0.4 is 10.6 Å². The van der Waals surface area contributed by atoms with E-state index in [9.17, 15) is 5.11 Å². The van der Waals surface area contributed by atoms with Crippen molar-refractivity contribution in [2.24, 2.45) is 0 Å². The van der Waals surface area contributed by atoms with Crippen LogP contribution in [0, 0.1) is 0 Å². The number of nitrogens with one attached hydrogen (secondary N) is 2. The van der Waals surface area contributed by atoms with Gasteiger partial charge in [0.15, 0.2) is 0 Å². The highest BCUT2D eigenvalue weighted by Gasteiger charge is 2.26. The summed E-state index contributed by atoms with van der Waals surface area (Å²) in [5, 5.41) is 24.6. The average Bonchev–Trinajstić information content (AvgIpc) is 3.29. The molecule has 0 aliphatic heterocycles. The van der Waals surface area contributed by atoms with Gasteiger partial charge in [0.1, 0.15) is 11.6 Å². The molecule has 1 heterocycles. The molecule has 1 fully saturated rings. The van der Waals surface area contributed by atoms with Crippen LogP contribution in [0.3, 0.4) is 0 Å². The number of rotatable bonds is 6. The zero-order chi connectivity index (χ0) is 14.7. The molecule has 0 saturated heterocycles. The molecule has 0 unspecified atom stereocenters. The molecule has 0 radical (unpaired) electrons. The molecule has 110 valence electrons. The lowest BCUT2D eigenvalue weighted by molar-refractivity contribution is 0.311. The van der Waals surface area contributed by atoms with Gasteiger partial charge in [-0.2, -0.15) is 4.98 Å². The average molecular weight is 286 g/mol. The van der Waals surface area contributed by atoms with Crippen LogP contribution in [-0.2, 0) is 0 Å². The predicted molar refractivity (Wildman–Crippen MR) is 81.0 cm³/mol. The third kappa shape index (κ3) is 3.61. The van der Waals surface area contributed by atoms with E-state index in [1.165, 1.54) is 0 Å². The summed E-state index contributed by atoms with van der Waals surface area (Å²) in [6.07, 6.45) is 2.31. The number of phenols is 1. The van der Waals surface area contributed by atoms with E-state index in [0.717, 1.165) is 24.2 Å². The first-order chi connectivity index (χ1) is 10.2. The lowest BCUT2D eigenvalue weighted by Gasteiger charge is -2.10. The fraction of sp³-hybridized carbons (Fsp3) is 0.333. The Bertz CT molecular complexity index is 629. The van der Waals surface area contributed by atoms with Crippen molar-refractivity contribution in [3.63, 3.8) is 0 Å². The zero-order valence-corrected chi connectivity index (χ0v) is 11.6. The third-order valence-corrected chi connectivity index (χ3v) is 3.26. The van der Waals surface area contributed by atoms with Gasteiger partial charge in [-0.05, 0) is 25.0 Å². The summed E-state index contributed by atoms with van der Waals surface area (Å²) in [6, 6.07) is 8.83. The lowest BCUT2D eigenvalue weighted by Crippen LogP contribution is -2.10. The van der Waals surface area contributed by atoms with Crippen molar-refractivity contribution in [2.75, 3.05) is 23.8 Å². The van der Waals surface area contributed by atoms with Gasteiger partial charge < -0.3 is 20.8 Å². The van der Waals surface area contributed by atoms with Crippen molar-refractivity contribution in [1.29, 1.82) is 0 Å². The van der Waals surface area contributed by atoms with Gasteiger partial charge in [-0.1, -0.05) is 6.07 Å². The van der Waals surface area contributed by atoms with E-state index in [-0.39, 0.29) is 12.4 Å². The number of aromatic nitrogens is 2. The van der Waals surface area contributed by atoms with Crippen LogP contribution >= 0.6 is 0 Å². The highest BCUT2D eigenvalue weighted by molar-refractivity contribution is 5.59. The highest BCUT2D eigenvalue weighted by Crippen LogP contribution is 2.40. The fourth-order valence-corrected chi connectivity index (χ4v) is 2.10. The van der Waals surface area contributed by atoms with Crippen molar-refractivity contribution in [3.8, 4) is 5.75 Å². The molecule has 1 aliphatic rings. The molecule has 0 amide bonds. The second kappa shape index (κ2) is 5.97. The van der Waals surface area contributed by atoms with Crippen molar-refractivity contribution in [2.45, 2.75) is 18.8 Å². The first-order valence-electron chi connectivity index (χ1n) is 7.04. The zero-order valence-electron chi connectivity index (χ0n) is 11.6. The number of benzene rings is 1. The maximum absolute atomic E-state index is 9.50. The van der Waals surface area contributed by atoms with Crippen LogP contribution in [0.4, 0.5) is 17.5 Å². The standard InChI is InChI=1S/C15H18N4O2/c20-7-6-16-15-18-13(10-4-5-10)9-14(19-15)17-11-2-1-3-12(21)8-11/h1-3,8-10,20-21H,4-7H2,(H2,16,17,18,19). The molecule has 1 aromatic carbocycles. The normalized spacial score (nSPS) is 14.0. The van der Waals surface area contributed by atoms with E-state index in [1.807, 2.05) is 12.1 Å². The Kier molecular flexibility index (Phi) is 3.87. The first-order valence-corrected chi connectivity index (χ1v) is 7.04. The Morgan fingerprint density at radius 3 is 2.76 bits per heavy atom. The van der Waals surface area contributed by atoms with Crippen LogP contribution in [0.15, 0.2) is 30.3 Å². The summed E-state index contributed by atoms with van der Waals surface area (Å²) < 4.78 is 0. The monoisotopic (exact) mass is 286 g/mol. The molecule has 1 aromatic heterocycles. The van der Waals surface area contributed by atoms with E-state index in [4.69, 9.17) is 5.11 Å². The van der Waals surface area contributed by atoms with Crippen LogP contribution in [0.2, 0.25) is 0 Å². The minimum absolute atomic E-state index is 0.0341. The summed E-state index contributed by atoms with van der Waals surface area (Å²) in [5.41, 5.74) is 1.77. The number of aromatic hydroxyl groups is 1. The molecule has 21 heavy (non-hydrogen) atoms. The molecule has 6 nitrogen and oxygen atoms in total. The summed E-state index contributed by atoms with van der Waals surface area (Å²) in [4.78, 5) is 8.85.